The predicted octanol–water partition coefficient (Wildman–Crippen LogP) is 4.43. The molecule has 26 heavy (non-hydrogen) atoms. The SMILES string of the molecule is N#Cc1cccc(NC(=O)Cc2csc(COc3ccc(Cl)cc3)n2)c1. The molecule has 1 N–H and O–H groups in total. The highest BCUT2D eigenvalue weighted by atomic mass is 35.5. The van der Waals surface area contributed by atoms with E-state index in [0.29, 0.717) is 34.3 Å². The molecule has 0 aliphatic heterocycles. The van der Waals surface area contributed by atoms with E-state index < -0.39 is 0 Å². The van der Waals surface area contributed by atoms with Crippen LogP contribution in [-0.4, -0.2) is 10.9 Å². The second-order valence-electron chi connectivity index (χ2n) is 5.39. The number of carbonyl (C=O) groups is 1. The summed E-state index contributed by atoms with van der Waals surface area (Å²) < 4.78 is 5.64. The molecule has 5 nitrogen and oxygen atoms in total. The minimum Gasteiger partial charge on any atom is -0.486 e. The number of anilines is 1. The van der Waals surface area contributed by atoms with E-state index in [1.807, 2.05) is 11.4 Å². The highest BCUT2D eigenvalue weighted by Gasteiger charge is 2.09. The molecule has 0 aliphatic carbocycles. The molecule has 0 saturated heterocycles. The molecule has 3 aromatic rings. The summed E-state index contributed by atoms with van der Waals surface area (Å²) in [6.07, 6.45) is 0.161. The molecule has 0 saturated carbocycles. The largest absolute Gasteiger partial charge is 0.486 e. The molecule has 0 radical (unpaired) electrons. The van der Waals surface area contributed by atoms with Crippen LogP contribution in [0.15, 0.2) is 53.9 Å². The Morgan fingerprint density at radius 2 is 2.08 bits per heavy atom. The molecule has 1 aromatic heterocycles. The Morgan fingerprint density at radius 1 is 1.27 bits per heavy atom. The van der Waals surface area contributed by atoms with Crippen LogP contribution in [0.25, 0.3) is 0 Å². The Labute approximate surface area is 159 Å². The quantitative estimate of drug-likeness (QED) is 0.683. The fourth-order valence-electron chi connectivity index (χ4n) is 2.21. The van der Waals surface area contributed by atoms with E-state index in [1.54, 1.807) is 48.5 Å². The molecule has 7 heteroatoms. The van der Waals surface area contributed by atoms with E-state index >= 15 is 0 Å². The van der Waals surface area contributed by atoms with Crippen LogP contribution in [0.5, 0.6) is 5.75 Å². The van der Waals surface area contributed by atoms with Crippen LogP contribution in [-0.2, 0) is 17.8 Å². The van der Waals surface area contributed by atoms with E-state index in [9.17, 15) is 4.79 Å². The van der Waals surface area contributed by atoms with Crippen molar-refractivity contribution in [3.63, 3.8) is 0 Å². The van der Waals surface area contributed by atoms with Crippen LogP contribution in [0.1, 0.15) is 16.3 Å². The monoisotopic (exact) mass is 383 g/mol. The second-order valence-corrected chi connectivity index (χ2v) is 6.77. The number of nitrogens with zero attached hydrogens (tertiary/aromatic N) is 2. The van der Waals surface area contributed by atoms with Gasteiger partial charge in [-0.2, -0.15) is 5.26 Å². The van der Waals surface area contributed by atoms with Gasteiger partial charge in [0.25, 0.3) is 0 Å². The van der Waals surface area contributed by atoms with E-state index in [4.69, 9.17) is 21.6 Å². The molecular formula is C19H14ClN3O2S. The lowest BCUT2D eigenvalue weighted by Crippen LogP contribution is -2.14. The first-order valence-electron chi connectivity index (χ1n) is 7.74. The van der Waals surface area contributed by atoms with Gasteiger partial charge in [0.2, 0.25) is 5.91 Å². The lowest BCUT2D eigenvalue weighted by Gasteiger charge is -2.04. The molecule has 0 unspecified atom stereocenters. The van der Waals surface area contributed by atoms with Gasteiger partial charge < -0.3 is 10.1 Å². The highest BCUT2D eigenvalue weighted by Crippen LogP contribution is 2.18. The Bertz CT molecular complexity index is 948. The van der Waals surface area contributed by atoms with Gasteiger partial charge in [0.15, 0.2) is 0 Å². The number of nitrogens with one attached hydrogen (secondary N) is 1. The molecule has 0 atom stereocenters. The number of halogens is 1. The fraction of sp³-hybridized carbons (Fsp3) is 0.105. The molecule has 0 bridgehead atoms. The number of hydrogen-bond donors (Lipinski definition) is 1. The molecule has 2 aromatic carbocycles. The number of hydrogen-bond acceptors (Lipinski definition) is 5. The summed E-state index contributed by atoms with van der Waals surface area (Å²) in [5.74, 6) is 0.525. The van der Waals surface area contributed by atoms with E-state index in [-0.39, 0.29) is 12.3 Å². The third-order valence-electron chi connectivity index (χ3n) is 3.39. The first-order valence-corrected chi connectivity index (χ1v) is 9.00. The zero-order valence-electron chi connectivity index (χ0n) is 13.6. The van der Waals surface area contributed by atoms with Gasteiger partial charge in [-0.25, -0.2) is 4.98 Å². The van der Waals surface area contributed by atoms with Crippen molar-refractivity contribution in [2.45, 2.75) is 13.0 Å². The maximum absolute atomic E-state index is 12.1. The molecule has 1 amide bonds. The third-order valence-corrected chi connectivity index (χ3v) is 4.52. The average Bonchev–Trinajstić information content (AvgIpc) is 3.08. The maximum Gasteiger partial charge on any atom is 0.230 e. The van der Waals surface area contributed by atoms with Gasteiger partial charge in [0.1, 0.15) is 17.4 Å². The van der Waals surface area contributed by atoms with Crippen molar-refractivity contribution in [2.24, 2.45) is 0 Å². The van der Waals surface area contributed by atoms with E-state index in [1.165, 1.54) is 11.3 Å². The molecule has 1 heterocycles. The smallest absolute Gasteiger partial charge is 0.230 e. The minimum atomic E-state index is -0.185. The topological polar surface area (TPSA) is 75.0 Å². The highest BCUT2D eigenvalue weighted by molar-refractivity contribution is 7.09. The van der Waals surface area contributed by atoms with Gasteiger partial charge in [-0.05, 0) is 42.5 Å². The summed E-state index contributed by atoms with van der Waals surface area (Å²) in [6, 6.07) is 15.9. The zero-order valence-corrected chi connectivity index (χ0v) is 15.2. The van der Waals surface area contributed by atoms with Crippen LogP contribution >= 0.6 is 22.9 Å². The van der Waals surface area contributed by atoms with Gasteiger partial charge in [0.05, 0.1) is 23.7 Å². The maximum atomic E-state index is 12.1. The van der Waals surface area contributed by atoms with Crippen molar-refractivity contribution in [1.29, 1.82) is 5.26 Å². The Kier molecular flexibility index (Phi) is 5.84. The molecule has 0 spiro atoms. The summed E-state index contributed by atoms with van der Waals surface area (Å²) in [5, 5.41) is 14.9. The van der Waals surface area contributed by atoms with Crippen molar-refractivity contribution >= 4 is 34.5 Å². The average molecular weight is 384 g/mol. The summed E-state index contributed by atoms with van der Waals surface area (Å²) in [5.41, 5.74) is 1.77. The number of ether oxygens (including phenoxy) is 1. The van der Waals surface area contributed by atoms with E-state index in [0.717, 1.165) is 5.01 Å². The zero-order chi connectivity index (χ0) is 18.4. The normalized spacial score (nSPS) is 10.2. The van der Waals surface area contributed by atoms with Crippen molar-refractivity contribution in [2.75, 3.05) is 5.32 Å². The minimum absolute atomic E-state index is 0.161. The molecular weight excluding hydrogens is 370 g/mol. The standard InChI is InChI=1S/C19H14ClN3O2S/c20-14-4-6-17(7-5-14)25-11-19-23-16(12-26-19)9-18(24)22-15-3-1-2-13(8-15)10-21/h1-8,12H,9,11H2,(H,22,24). The summed E-state index contributed by atoms with van der Waals surface area (Å²) in [6.45, 7) is 0.331. The number of carbonyl (C=O) groups excluding carboxylic acids is 1. The van der Waals surface area contributed by atoms with Crippen LogP contribution in [0.2, 0.25) is 5.02 Å². The van der Waals surface area contributed by atoms with E-state index in [2.05, 4.69) is 10.3 Å². The van der Waals surface area contributed by atoms with Gasteiger partial charge >= 0.3 is 0 Å². The number of amides is 1. The Hall–Kier alpha value is -2.88. The first-order chi connectivity index (χ1) is 12.6. The fourth-order valence-corrected chi connectivity index (χ4v) is 3.04. The molecule has 0 fully saturated rings. The number of aromatic nitrogens is 1. The Morgan fingerprint density at radius 3 is 2.85 bits per heavy atom. The molecule has 0 aliphatic rings. The van der Waals surface area contributed by atoms with Crippen molar-refractivity contribution < 1.29 is 9.53 Å². The lowest BCUT2D eigenvalue weighted by atomic mass is 10.2. The van der Waals surface area contributed by atoms with Crippen molar-refractivity contribution in [3.05, 3.63) is 75.2 Å². The summed E-state index contributed by atoms with van der Waals surface area (Å²) in [7, 11) is 0. The van der Waals surface area contributed by atoms with Gasteiger partial charge in [-0.15, -0.1) is 11.3 Å². The summed E-state index contributed by atoms with van der Waals surface area (Å²) >= 11 is 7.28. The van der Waals surface area contributed by atoms with Crippen molar-refractivity contribution in [1.82, 2.24) is 4.98 Å². The van der Waals surface area contributed by atoms with Crippen LogP contribution in [0.3, 0.4) is 0 Å². The van der Waals surface area contributed by atoms with Crippen LogP contribution < -0.4 is 10.1 Å². The van der Waals surface area contributed by atoms with Gasteiger partial charge in [-0.1, -0.05) is 17.7 Å². The van der Waals surface area contributed by atoms with Crippen LogP contribution in [0, 0.1) is 11.3 Å². The van der Waals surface area contributed by atoms with Crippen molar-refractivity contribution in [3.8, 4) is 11.8 Å². The summed E-state index contributed by atoms with van der Waals surface area (Å²) in [4.78, 5) is 16.5. The third kappa shape index (κ3) is 5.06. The first kappa shape index (κ1) is 17.9. The molecule has 130 valence electrons. The number of benzene rings is 2. The number of thiazole rings is 1. The molecule has 3 rings (SSSR count). The number of rotatable bonds is 6. The van der Waals surface area contributed by atoms with Crippen LogP contribution in [0.4, 0.5) is 5.69 Å². The number of nitriles is 1. The second kappa shape index (κ2) is 8.48. The van der Waals surface area contributed by atoms with Gasteiger partial charge in [-0.3, -0.25) is 4.79 Å². The van der Waals surface area contributed by atoms with Gasteiger partial charge in [0, 0.05) is 16.1 Å². The lowest BCUT2D eigenvalue weighted by molar-refractivity contribution is -0.115. The predicted molar refractivity (Wildman–Crippen MR) is 101 cm³/mol. The Balaban J connectivity index is 1.53.